The molecule has 2 N–H and O–H groups in total. The van der Waals surface area contributed by atoms with Gasteiger partial charge in [-0.1, -0.05) is 6.92 Å². The first-order chi connectivity index (χ1) is 5.81. The third kappa shape index (κ3) is 1.95. The molecule has 0 spiro atoms. The van der Waals surface area contributed by atoms with Crippen LogP contribution in [0.5, 0.6) is 0 Å². The van der Waals surface area contributed by atoms with Crippen molar-refractivity contribution in [1.82, 2.24) is 10.3 Å². The van der Waals surface area contributed by atoms with Gasteiger partial charge in [-0.15, -0.1) is 11.3 Å². The standard InChI is InChI=1S/C8H15N3S/c1-4-6(9-2)7-5-12-8(10-3)11-7/h5-6,9H,4H2,1-3H3,(H,10,11). The van der Waals surface area contributed by atoms with Crippen molar-refractivity contribution in [3.63, 3.8) is 0 Å². The predicted octanol–water partition coefficient (Wildman–Crippen LogP) is 1.86. The van der Waals surface area contributed by atoms with Gasteiger partial charge in [-0.2, -0.15) is 0 Å². The quantitative estimate of drug-likeness (QED) is 0.751. The Morgan fingerprint density at radius 1 is 1.58 bits per heavy atom. The summed E-state index contributed by atoms with van der Waals surface area (Å²) in [5.74, 6) is 0. The Bertz CT molecular complexity index is 230. The van der Waals surface area contributed by atoms with E-state index in [1.54, 1.807) is 11.3 Å². The van der Waals surface area contributed by atoms with Crippen molar-refractivity contribution in [1.29, 1.82) is 0 Å². The van der Waals surface area contributed by atoms with Crippen molar-refractivity contribution in [3.8, 4) is 0 Å². The molecule has 0 saturated heterocycles. The van der Waals surface area contributed by atoms with Crippen LogP contribution in [0.1, 0.15) is 25.1 Å². The van der Waals surface area contributed by atoms with Gasteiger partial charge >= 0.3 is 0 Å². The number of anilines is 1. The fourth-order valence-corrected chi connectivity index (χ4v) is 1.85. The van der Waals surface area contributed by atoms with Crippen LogP contribution in [0, 0.1) is 0 Å². The van der Waals surface area contributed by atoms with Crippen molar-refractivity contribution >= 4 is 16.5 Å². The smallest absolute Gasteiger partial charge is 0.182 e. The zero-order valence-corrected chi connectivity index (χ0v) is 8.53. The maximum atomic E-state index is 4.42. The molecule has 1 unspecified atom stereocenters. The number of hydrogen-bond acceptors (Lipinski definition) is 4. The van der Waals surface area contributed by atoms with Gasteiger partial charge in [0.1, 0.15) is 0 Å². The summed E-state index contributed by atoms with van der Waals surface area (Å²) in [6.45, 7) is 2.15. The second kappa shape index (κ2) is 4.42. The molecule has 68 valence electrons. The van der Waals surface area contributed by atoms with E-state index < -0.39 is 0 Å². The molecular formula is C8H15N3S. The van der Waals surface area contributed by atoms with Crippen LogP contribution in [0.3, 0.4) is 0 Å². The molecule has 0 aromatic carbocycles. The van der Waals surface area contributed by atoms with Gasteiger partial charge in [0.2, 0.25) is 0 Å². The van der Waals surface area contributed by atoms with Gasteiger partial charge in [0.25, 0.3) is 0 Å². The molecule has 0 aliphatic heterocycles. The largest absolute Gasteiger partial charge is 0.365 e. The van der Waals surface area contributed by atoms with Crippen molar-refractivity contribution in [2.75, 3.05) is 19.4 Å². The first-order valence-corrected chi connectivity index (χ1v) is 5.00. The van der Waals surface area contributed by atoms with E-state index in [9.17, 15) is 0 Å². The Kier molecular flexibility index (Phi) is 3.49. The minimum Gasteiger partial charge on any atom is -0.365 e. The summed E-state index contributed by atoms with van der Waals surface area (Å²) in [7, 11) is 3.86. The minimum absolute atomic E-state index is 0.392. The summed E-state index contributed by atoms with van der Waals surface area (Å²) in [5, 5.41) is 9.33. The molecule has 0 fully saturated rings. The van der Waals surface area contributed by atoms with Gasteiger partial charge in [-0.3, -0.25) is 0 Å². The average molecular weight is 185 g/mol. The molecule has 0 aliphatic rings. The minimum atomic E-state index is 0.392. The molecule has 0 bridgehead atoms. The Hall–Kier alpha value is -0.610. The molecule has 1 rings (SSSR count). The fraction of sp³-hybridized carbons (Fsp3) is 0.625. The first-order valence-electron chi connectivity index (χ1n) is 4.12. The van der Waals surface area contributed by atoms with Gasteiger partial charge in [0.15, 0.2) is 5.13 Å². The molecule has 0 saturated carbocycles. The van der Waals surface area contributed by atoms with Crippen LogP contribution >= 0.6 is 11.3 Å². The van der Waals surface area contributed by atoms with E-state index in [2.05, 4.69) is 27.9 Å². The maximum absolute atomic E-state index is 4.42. The van der Waals surface area contributed by atoms with Crippen LogP contribution in [0.4, 0.5) is 5.13 Å². The maximum Gasteiger partial charge on any atom is 0.182 e. The monoisotopic (exact) mass is 185 g/mol. The lowest BCUT2D eigenvalue weighted by Crippen LogP contribution is -2.15. The van der Waals surface area contributed by atoms with E-state index in [1.807, 2.05) is 14.1 Å². The zero-order chi connectivity index (χ0) is 8.97. The molecule has 1 heterocycles. The van der Waals surface area contributed by atoms with Crippen LogP contribution in [0.2, 0.25) is 0 Å². The molecule has 4 heteroatoms. The van der Waals surface area contributed by atoms with E-state index in [1.165, 1.54) is 0 Å². The highest BCUT2D eigenvalue weighted by Crippen LogP contribution is 2.21. The molecule has 0 aliphatic carbocycles. The van der Waals surface area contributed by atoms with Gasteiger partial charge in [-0.05, 0) is 13.5 Å². The van der Waals surface area contributed by atoms with Crippen molar-refractivity contribution in [3.05, 3.63) is 11.1 Å². The summed E-state index contributed by atoms with van der Waals surface area (Å²) < 4.78 is 0. The molecule has 1 atom stereocenters. The fourth-order valence-electron chi connectivity index (χ4n) is 1.12. The van der Waals surface area contributed by atoms with Gasteiger partial charge in [-0.25, -0.2) is 4.98 Å². The highest BCUT2D eigenvalue weighted by Gasteiger charge is 2.09. The Morgan fingerprint density at radius 3 is 2.75 bits per heavy atom. The molecule has 0 amide bonds. The summed E-state index contributed by atoms with van der Waals surface area (Å²) in [6.07, 6.45) is 1.07. The molecule has 1 aromatic heterocycles. The van der Waals surface area contributed by atoms with E-state index >= 15 is 0 Å². The van der Waals surface area contributed by atoms with Crippen molar-refractivity contribution in [2.24, 2.45) is 0 Å². The number of aromatic nitrogens is 1. The molecule has 1 aromatic rings. The average Bonchev–Trinajstić information content (AvgIpc) is 2.55. The second-order valence-electron chi connectivity index (χ2n) is 2.58. The lowest BCUT2D eigenvalue weighted by atomic mass is 10.2. The number of hydrogen-bond donors (Lipinski definition) is 2. The highest BCUT2D eigenvalue weighted by molar-refractivity contribution is 7.13. The van der Waals surface area contributed by atoms with Crippen LogP contribution in [0.15, 0.2) is 5.38 Å². The summed E-state index contributed by atoms with van der Waals surface area (Å²) >= 11 is 1.65. The third-order valence-electron chi connectivity index (χ3n) is 1.85. The number of nitrogens with one attached hydrogen (secondary N) is 2. The molecular weight excluding hydrogens is 170 g/mol. The summed E-state index contributed by atoms with van der Waals surface area (Å²) in [6, 6.07) is 0.392. The summed E-state index contributed by atoms with van der Waals surface area (Å²) in [4.78, 5) is 4.42. The lowest BCUT2D eigenvalue weighted by Gasteiger charge is -2.09. The van der Waals surface area contributed by atoms with Crippen LogP contribution in [-0.2, 0) is 0 Å². The molecule has 12 heavy (non-hydrogen) atoms. The third-order valence-corrected chi connectivity index (χ3v) is 2.73. The van der Waals surface area contributed by atoms with Gasteiger partial charge in [0.05, 0.1) is 5.69 Å². The highest BCUT2D eigenvalue weighted by atomic mass is 32.1. The molecule has 3 nitrogen and oxygen atoms in total. The van der Waals surface area contributed by atoms with Gasteiger partial charge < -0.3 is 10.6 Å². The van der Waals surface area contributed by atoms with Crippen LogP contribution < -0.4 is 10.6 Å². The van der Waals surface area contributed by atoms with Gasteiger partial charge in [0, 0.05) is 18.5 Å². The predicted molar refractivity (Wildman–Crippen MR) is 53.8 cm³/mol. The first kappa shape index (κ1) is 9.48. The number of nitrogens with zero attached hydrogens (tertiary/aromatic N) is 1. The van der Waals surface area contributed by atoms with Crippen LogP contribution in [0.25, 0.3) is 0 Å². The summed E-state index contributed by atoms with van der Waals surface area (Å²) in [5.41, 5.74) is 1.13. The number of rotatable bonds is 4. The topological polar surface area (TPSA) is 37.0 Å². The SMILES string of the molecule is CCC(NC)c1csc(NC)n1. The second-order valence-corrected chi connectivity index (χ2v) is 3.44. The van der Waals surface area contributed by atoms with Crippen molar-refractivity contribution < 1.29 is 0 Å². The van der Waals surface area contributed by atoms with E-state index in [-0.39, 0.29) is 0 Å². The number of thiazole rings is 1. The van der Waals surface area contributed by atoms with E-state index in [0.29, 0.717) is 6.04 Å². The lowest BCUT2D eigenvalue weighted by molar-refractivity contribution is 0.565. The Balaban J connectivity index is 2.72. The molecule has 0 radical (unpaired) electrons. The van der Waals surface area contributed by atoms with Crippen LogP contribution in [-0.4, -0.2) is 19.1 Å². The van der Waals surface area contributed by atoms with E-state index in [0.717, 1.165) is 17.2 Å². The van der Waals surface area contributed by atoms with Crippen molar-refractivity contribution in [2.45, 2.75) is 19.4 Å². The Morgan fingerprint density at radius 2 is 2.33 bits per heavy atom. The normalized spacial score (nSPS) is 12.9. The Labute approximate surface area is 77.2 Å². The van der Waals surface area contributed by atoms with E-state index in [4.69, 9.17) is 0 Å². The zero-order valence-electron chi connectivity index (χ0n) is 7.72.